The Hall–Kier alpha value is -2.15. The smallest absolute Gasteiger partial charge is 0.411 e. The molecular weight excluding hydrogens is 262 g/mol. The summed E-state index contributed by atoms with van der Waals surface area (Å²) in [6, 6.07) is 5.75. The van der Waals surface area contributed by atoms with E-state index in [2.05, 4.69) is 10.6 Å². The van der Waals surface area contributed by atoms with Crippen molar-refractivity contribution < 1.29 is 14.5 Å². The van der Waals surface area contributed by atoms with Crippen LogP contribution in [0.1, 0.15) is 12.8 Å². The number of hydrogen-bond donors (Lipinski definition) is 2. The Morgan fingerprint density at radius 2 is 2.40 bits per heavy atom. The van der Waals surface area contributed by atoms with Gasteiger partial charge in [0.05, 0.1) is 17.2 Å². The Labute approximate surface area is 116 Å². The van der Waals surface area contributed by atoms with Gasteiger partial charge in [-0.2, -0.15) is 0 Å². The first-order valence-electron chi connectivity index (χ1n) is 6.54. The molecule has 1 fully saturated rings. The summed E-state index contributed by atoms with van der Waals surface area (Å²) in [5, 5.41) is 16.4. The average molecular weight is 279 g/mol. The number of non-ortho nitro benzene ring substituents is 1. The Bertz CT molecular complexity index is 486. The molecule has 2 N–H and O–H groups in total. The third kappa shape index (κ3) is 4.20. The summed E-state index contributed by atoms with van der Waals surface area (Å²) in [5.74, 6) is 0.333. The molecule has 1 heterocycles. The number of nitrogens with zero attached hydrogens (tertiary/aromatic N) is 1. The molecule has 0 aromatic heterocycles. The number of rotatable bonds is 4. The van der Waals surface area contributed by atoms with Crippen molar-refractivity contribution in [3.05, 3.63) is 34.4 Å². The van der Waals surface area contributed by atoms with E-state index in [1.54, 1.807) is 6.07 Å². The van der Waals surface area contributed by atoms with Gasteiger partial charge in [0, 0.05) is 24.6 Å². The standard InChI is InChI=1S/C13H17N3O4/c17-13(20-9-10-3-2-6-14-8-10)15-11-4-1-5-12(7-11)16(18)19/h1,4-5,7,10,14H,2-3,6,8-9H2,(H,15,17). The molecule has 1 aromatic carbocycles. The van der Waals surface area contributed by atoms with Gasteiger partial charge in [-0.15, -0.1) is 0 Å². The van der Waals surface area contributed by atoms with Gasteiger partial charge in [0.25, 0.3) is 5.69 Å². The summed E-state index contributed by atoms with van der Waals surface area (Å²) in [5.41, 5.74) is 0.283. The molecule has 1 atom stereocenters. The van der Waals surface area contributed by atoms with Crippen LogP contribution >= 0.6 is 0 Å². The lowest BCUT2D eigenvalue weighted by Crippen LogP contribution is -2.33. The quantitative estimate of drug-likeness (QED) is 0.650. The number of ether oxygens (including phenoxy) is 1. The lowest BCUT2D eigenvalue weighted by atomic mass is 10.0. The van der Waals surface area contributed by atoms with E-state index >= 15 is 0 Å². The van der Waals surface area contributed by atoms with Crippen molar-refractivity contribution in [1.82, 2.24) is 5.32 Å². The molecule has 2 rings (SSSR count). The van der Waals surface area contributed by atoms with Crippen LogP contribution in [-0.2, 0) is 4.74 Å². The van der Waals surface area contributed by atoms with Crippen molar-refractivity contribution in [1.29, 1.82) is 0 Å². The molecule has 0 aliphatic carbocycles. The van der Waals surface area contributed by atoms with E-state index in [9.17, 15) is 14.9 Å². The fourth-order valence-corrected chi connectivity index (χ4v) is 2.11. The summed E-state index contributed by atoms with van der Waals surface area (Å²) >= 11 is 0. The van der Waals surface area contributed by atoms with E-state index in [1.165, 1.54) is 18.2 Å². The zero-order valence-electron chi connectivity index (χ0n) is 11.0. The van der Waals surface area contributed by atoms with Crippen LogP contribution in [0.3, 0.4) is 0 Å². The van der Waals surface area contributed by atoms with Crippen LogP contribution in [0.15, 0.2) is 24.3 Å². The molecule has 7 heteroatoms. The van der Waals surface area contributed by atoms with Gasteiger partial charge >= 0.3 is 6.09 Å². The maximum absolute atomic E-state index is 11.6. The normalized spacial score (nSPS) is 18.3. The zero-order chi connectivity index (χ0) is 14.4. The summed E-state index contributed by atoms with van der Waals surface area (Å²) in [6.07, 6.45) is 1.54. The first-order valence-corrected chi connectivity index (χ1v) is 6.54. The van der Waals surface area contributed by atoms with Crippen LogP contribution in [0.2, 0.25) is 0 Å². The third-order valence-electron chi connectivity index (χ3n) is 3.15. The summed E-state index contributed by atoms with van der Waals surface area (Å²) in [4.78, 5) is 21.7. The molecule has 1 aliphatic rings. The van der Waals surface area contributed by atoms with Gasteiger partial charge < -0.3 is 10.1 Å². The molecule has 1 amide bonds. The number of nitro benzene ring substituents is 1. The van der Waals surface area contributed by atoms with Crippen molar-refractivity contribution in [2.24, 2.45) is 5.92 Å². The maximum Gasteiger partial charge on any atom is 0.411 e. The van der Waals surface area contributed by atoms with Crippen molar-refractivity contribution in [2.75, 3.05) is 25.0 Å². The fourth-order valence-electron chi connectivity index (χ4n) is 2.11. The predicted molar refractivity (Wildman–Crippen MR) is 73.7 cm³/mol. The van der Waals surface area contributed by atoms with Crippen molar-refractivity contribution in [3.8, 4) is 0 Å². The fraction of sp³-hybridized carbons (Fsp3) is 0.462. The van der Waals surface area contributed by atoms with E-state index in [0.29, 0.717) is 18.2 Å². The molecule has 1 saturated heterocycles. The van der Waals surface area contributed by atoms with Gasteiger partial charge in [-0.1, -0.05) is 6.07 Å². The van der Waals surface area contributed by atoms with E-state index in [4.69, 9.17) is 4.74 Å². The molecule has 1 aromatic rings. The molecule has 1 aliphatic heterocycles. The lowest BCUT2D eigenvalue weighted by Gasteiger charge is -2.22. The SMILES string of the molecule is O=C(Nc1cccc([N+](=O)[O-])c1)OCC1CCCNC1. The molecule has 0 radical (unpaired) electrons. The summed E-state index contributed by atoms with van der Waals surface area (Å²) < 4.78 is 5.13. The highest BCUT2D eigenvalue weighted by atomic mass is 16.6. The van der Waals surface area contributed by atoms with Crippen LogP contribution in [0.5, 0.6) is 0 Å². The minimum absolute atomic E-state index is 0.0701. The second-order valence-corrected chi connectivity index (χ2v) is 4.74. The van der Waals surface area contributed by atoms with Gasteiger partial charge in [-0.05, 0) is 25.5 Å². The number of nitro groups is 1. The van der Waals surface area contributed by atoms with Crippen LogP contribution in [-0.4, -0.2) is 30.7 Å². The van der Waals surface area contributed by atoms with Crippen molar-refractivity contribution in [3.63, 3.8) is 0 Å². The van der Waals surface area contributed by atoms with E-state index in [0.717, 1.165) is 25.9 Å². The number of nitrogens with one attached hydrogen (secondary N) is 2. The minimum Gasteiger partial charge on any atom is -0.449 e. The van der Waals surface area contributed by atoms with Crippen LogP contribution < -0.4 is 10.6 Å². The minimum atomic E-state index is -0.587. The van der Waals surface area contributed by atoms with Gasteiger partial charge in [-0.3, -0.25) is 15.4 Å². The number of amides is 1. The molecule has 7 nitrogen and oxygen atoms in total. The highest BCUT2D eigenvalue weighted by molar-refractivity contribution is 5.85. The lowest BCUT2D eigenvalue weighted by molar-refractivity contribution is -0.384. The largest absolute Gasteiger partial charge is 0.449 e. The number of hydrogen-bond acceptors (Lipinski definition) is 5. The van der Waals surface area contributed by atoms with E-state index in [1.807, 2.05) is 0 Å². The Kier molecular flexibility index (Phi) is 4.89. The second kappa shape index (κ2) is 6.85. The van der Waals surface area contributed by atoms with Crippen molar-refractivity contribution >= 4 is 17.5 Å². The van der Waals surface area contributed by atoms with E-state index < -0.39 is 11.0 Å². The van der Waals surface area contributed by atoms with Gasteiger partial charge in [0.15, 0.2) is 0 Å². The third-order valence-corrected chi connectivity index (χ3v) is 3.15. The van der Waals surface area contributed by atoms with Gasteiger partial charge in [0.2, 0.25) is 0 Å². The topological polar surface area (TPSA) is 93.5 Å². The highest BCUT2D eigenvalue weighted by Crippen LogP contribution is 2.17. The number of carbonyl (C=O) groups is 1. The number of benzene rings is 1. The maximum atomic E-state index is 11.6. The van der Waals surface area contributed by atoms with Crippen LogP contribution in [0.25, 0.3) is 0 Å². The zero-order valence-corrected chi connectivity index (χ0v) is 11.0. The molecule has 0 spiro atoms. The number of anilines is 1. The Balaban J connectivity index is 1.81. The number of piperidine rings is 1. The number of carbonyl (C=O) groups excluding carboxylic acids is 1. The predicted octanol–water partition coefficient (Wildman–Crippen LogP) is 2.14. The second-order valence-electron chi connectivity index (χ2n) is 4.74. The molecule has 0 saturated carbocycles. The Morgan fingerprint density at radius 3 is 3.10 bits per heavy atom. The van der Waals surface area contributed by atoms with Gasteiger partial charge in [0.1, 0.15) is 0 Å². The van der Waals surface area contributed by atoms with Crippen LogP contribution in [0, 0.1) is 16.0 Å². The average Bonchev–Trinajstić information content (AvgIpc) is 2.46. The Morgan fingerprint density at radius 1 is 1.55 bits per heavy atom. The molecule has 20 heavy (non-hydrogen) atoms. The summed E-state index contributed by atoms with van der Waals surface area (Å²) in [6.45, 7) is 2.22. The first kappa shape index (κ1) is 14.3. The molecule has 108 valence electrons. The van der Waals surface area contributed by atoms with Gasteiger partial charge in [-0.25, -0.2) is 4.79 Å². The molecular formula is C13H17N3O4. The van der Waals surface area contributed by atoms with Crippen LogP contribution in [0.4, 0.5) is 16.2 Å². The monoisotopic (exact) mass is 279 g/mol. The highest BCUT2D eigenvalue weighted by Gasteiger charge is 2.15. The first-order chi connectivity index (χ1) is 9.65. The molecule has 0 bridgehead atoms. The molecule has 1 unspecified atom stereocenters. The van der Waals surface area contributed by atoms with E-state index in [-0.39, 0.29) is 5.69 Å². The van der Waals surface area contributed by atoms with Crippen molar-refractivity contribution in [2.45, 2.75) is 12.8 Å². The summed E-state index contributed by atoms with van der Waals surface area (Å²) in [7, 11) is 0.